The summed E-state index contributed by atoms with van der Waals surface area (Å²) in [6, 6.07) is -0.541. The normalized spacial score (nSPS) is 12.5. The molecule has 518 valence electrons. The number of aliphatic hydroxyl groups excluding tert-OH is 2. The van der Waals surface area contributed by atoms with Crippen LogP contribution in [0.15, 0.2) is 12.2 Å². The molecule has 0 rings (SSSR count). The maximum Gasteiger partial charge on any atom is 0.305 e. The first-order valence-corrected chi connectivity index (χ1v) is 40.4. The summed E-state index contributed by atoms with van der Waals surface area (Å²) in [7, 11) is 0. The summed E-state index contributed by atoms with van der Waals surface area (Å²) < 4.78 is 5.50. The van der Waals surface area contributed by atoms with E-state index in [-0.39, 0.29) is 18.5 Å². The van der Waals surface area contributed by atoms with Gasteiger partial charge in [0.1, 0.15) is 0 Å². The highest BCUT2D eigenvalue weighted by Gasteiger charge is 2.20. The van der Waals surface area contributed by atoms with Crippen molar-refractivity contribution in [3.05, 3.63) is 12.2 Å². The van der Waals surface area contributed by atoms with E-state index in [1.165, 1.54) is 398 Å². The molecule has 0 aliphatic heterocycles. The van der Waals surface area contributed by atoms with Crippen LogP contribution in [-0.4, -0.2) is 47.4 Å². The first-order chi connectivity index (χ1) is 43.0. The average Bonchev–Trinajstić information content (AvgIpc) is 3.53. The largest absolute Gasteiger partial charge is 0.466 e. The minimum Gasteiger partial charge on any atom is -0.466 e. The molecule has 0 aromatic carbocycles. The number of amides is 1. The lowest BCUT2D eigenvalue weighted by Gasteiger charge is -2.22. The molecule has 0 spiro atoms. The zero-order chi connectivity index (χ0) is 62.8. The van der Waals surface area contributed by atoms with E-state index in [0.29, 0.717) is 25.9 Å². The van der Waals surface area contributed by atoms with Gasteiger partial charge in [-0.2, -0.15) is 0 Å². The van der Waals surface area contributed by atoms with E-state index < -0.39 is 12.1 Å². The Morgan fingerprint density at radius 3 is 0.816 bits per heavy atom. The van der Waals surface area contributed by atoms with Crippen molar-refractivity contribution in [1.82, 2.24) is 5.32 Å². The lowest BCUT2D eigenvalue weighted by Crippen LogP contribution is -2.45. The van der Waals surface area contributed by atoms with Gasteiger partial charge in [0.2, 0.25) is 5.91 Å². The molecule has 0 fully saturated rings. The van der Waals surface area contributed by atoms with Crippen molar-refractivity contribution < 1.29 is 24.5 Å². The van der Waals surface area contributed by atoms with Crippen molar-refractivity contribution in [3.8, 4) is 0 Å². The van der Waals surface area contributed by atoms with Gasteiger partial charge in [0.25, 0.3) is 0 Å². The van der Waals surface area contributed by atoms with Crippen LogP contribution in [0.3, 0.4) is 0 Å². The van der Waals surface area contributed by atoms with Gasteiger partial charge in [0.05, 0.1) is 25.4 Å². The Kier molecular flexibility index (Phi) is 75.8. The molecular formula is C81H159NO5. The van der Waals surface area contributed by atoms with E-state index in [0.717, 1.165) is 38.5 Å². The SMILES string of the molecule is CCCCCCCCCCCCCCCCCCCCCCCCCCCC(O)C(CO)NC(=O)CCCCCCCCCCCCCCCCC/C=C\CCCCCCCCCCCCCCOC(=O)CCCCCCCCCCCCCCCC. The molecule has 0 aliphatic rings. The highest BCUT2D eigenvalue weighted by atomic mass is 16.5. The number of hydrogen-bond acceptors (Lipinski definition) is 5. The van der Waals surface area contributed by atoms with Gasteiger partial charge in [-0.1, -0.05) is 418 Å². The number of unbranched alkanes of at least 4 members (excludes halogenated alkanes) is 64. The molecule has 0 bridgehead atoms. The third-order valence-corrected chi connectivity index (χ3v) is 19.3. The van der Waals surface area contributed by atoms with Crippen LogP contribution in [-0.2, 0) is 14.3 Å². The minimum atomic E-state index is -0.664. The van der Waals surface area contributed by atoms with E-state index in [1.54, 1.807) is 0 Å². The van der Waals surface area contributed by atoms with Crippen LogP contribution in [0.5, 0.6) is 0 Å². The standard InChI is InChI=1S/C81H159NO5/c1-3-5-7-9-11-13-15-17-19-20-21-22-23-31-34-37-40-43-46-49-53-57-61-65-69-73-79(84)78(77-83)82-80(85)74-70-66-62-58-54-50-47-44-41-38-35-32-29-27-25-24-26-28-30-33-36-39-42-45-48-52-56-60-64-68-72-76-87-81(86)75-71-67-63-59-55-51-18-16-14-12-10-8-6-4-2/h26,28,78-79,83-84H,3-25,27,29-77H2,1-2H3,(H,82,85)/b28-26-. The molecule has 2 unspecified atom stereocenters. The van der Waals surface area contributed by atoms with Crippen LogP contribution < -0.4 is 5.32 Å². The minimum absolute atomic E-state index is 0.0213. The van der Waals surface area contributed by atoms with Crippen molar-refractivity contribution in [2.45, 2.75) is 482 Å². The van der Waals surface area contributed by atoms with Gasteiger partial charge in [-0.05, 0) is 51.4 Å². The van der Waals surface area contributed by atoms with E-state index >= 15 is 0 Å². The third-order valence-electron chi connectivity index (χ3n) is 19.3. The summed E-state index contributed by atoms with van der Waals surface area (Å²) >= 11 is 0. The quantitative estimate of drug-likeness (QED) is 0.0320. The van der Waals surface area contributed by atoms with Crippen molar-refractivity contribution in [3.63, 3.8) is 0 Å². The number of hydrogen-bond donors (Lipinski definition) is 3. The van der Waals surface area contributed by atoms with Gasteiger partial charge >= 0.3 is 5.97 Å². The number of ether oxygens (including phenoxy) is 1. The van der Waals surface area contributed by atoms with Crippen LogP contribution >= 0.6 is 0 Å². The first kappa shape index (κ1) is 85.6. The molecule has 0 aromatic rings. The fourth-order valence-corrected chi connectivity index (χ4v) is 13.2. The predicted octanol–water partition coefficient (Wildman–Crippen LogP) is 26.7. The zero-order valence-electron chi connectivity index (χ0n) is 59.5. The molecule has 2 atom stereocenters. The first-order valence-electron chi connectivity index (χ1n) is 40.4. The molecule has 0 aliphatic carbocycles. The summed E-state index contributed by atoms with van der Waals surface area (Å²) in [6.45, 7) is 5.01. The summed E-state index contributed by atoms with van der Waals surface area (Å²) in [5, 5.41) is 23.5. The maximum atomic E-state index is 12.6. The Hall–Kier alpha value is -1.40. The fourth-order valence-electron chi connectivity index (χ4n) is 13.2. The molecule has 6 heteroatoms. The van der Waals surface area contributed by atoms with E-state index in [9.17, 15) is 19.8 Å². The summed E-state index contributed by atoms with van der Waals surface area (Å²) in [5.41, 5.74) is 0. The Morgan fingerprint density at radius 1 is 0.310 bits per heavy atom. The van der Waals surface area contributed by atoms with Crippen LogP contribution in [0, 0.1) is 0 Å². The highest BCUT2D eigenvalue weighted by molar-refractivity contribution is 5.76. The Bertz CT molecular complexity index is 1320. The van der Waals surface area contributed by atoms with Crippen LogP contribution in [0.2, 0.25) is 0 Å². The van der Waals surface area contributed by atoms with Gasteiger partial charge in [0, 0.05) is 12.8 Å². The van der Waals surface area contributed by atoms with Gasteiger partial charge in [0.15, 0.2) is 0 Å². The highest BCUT2D eigenvalue weighted by Crippen LogP contribution is 2.20. The number of carbonyl (C=O) groups is 2. The topological polar surface area (TPSA) is 95.9 Å². The maximum absolute atomic E-state index is 12.6. The fraction of sp³-hybridized carbons (Fsp3) is 0.951. The van der Waals surface area contributed by atoms with Crippen molar-refractivity contribution in [1.29, 1.82) is 0 Å². The van der Waals surface area contributed by atoms with Crippen LogP contribution in [0.25, 0.3) is 0 Å². The number of esters is 1. The van der Waals surface area contributed by atoms with Gasteiger partial charge in [-0.15, -0.1) is 0 Å². The summed E-state index contributed by atoms with van der Waals surface area (Å²) in [6.07, 6.45) is 97.4. The molecule has 6 nitrogen and oxygen atoms in total. The second kappa shape index (κ2) is 77.1. The smallest absolute Gasteiger partial charge is 0.305 e. The molecule has 0 saturated heterocycles. The number of rotatable bonds is 77. The monoisotopic (exact) mass is 1230 g/mol. The number of carbonyl (C=O) groups excluding carboxylic acids is 2. The van der Waals surface area contributed by atoms with Crippen molar-refractivity contribution in [2.24, 2.45) is 0 Å². The van der Waals surface area contributed by atoms with E-state index in [2.05, 4.69) is 31.3 Å². The van der Waals surface area contributed by atoms with E-state index in [1.807, 2.05) is 0 Å². The number of allylic oxidation sites excluding steroid dienone is 2. The predicted molar refractivity (Wildman–Crippen MR) is 384 cm³/mol. The summed E-state index contributed by atoms with van der Waals surface area (Å²) in [4.78, 5) is 24.7. The van der Waals surface area contributed by atoms with Gasteiger partial charge < -0.3 is 20.3 Å². The Balaban J connectivity index is 3.35. The molecule has 87 heavy (non-hydrogen) atoms. The molecule has 0 heterocycles. The zero-order valence-corrected chi connectivity index (χ0v) is 59.5. The molecule has 0 aromatic heterocycles. The molecule has 1 amide bonds. The lowest BCUT2D eigenvalue weighted by molar-refractivity contribution is -0.143. The van der Waals surface area contributed by atoms with Gasteiger partial charge in [-0.3, -0.25) is 9.59 Å². The van der Waals surface area contributed by atoms with Crippen LogP contribution in [0.1, 0.15) is 470 Å². The Morgan fingerprint density at radius 2 is 0.540 bits per heavy atom. The van der Waals surface area contributed by atoms with Crippen molar-refractivity contribution in [2.75, 3.05) is 13.2 Å². The number of aliphatic hydroxyl groups is 2. The second-order valence-electron chi connectivity index (χ2n) is 28.1. The van der Waals surface area contributed by atoms with Gasteiger partial charge in [-0.25, -0.2) is 0 Å². The Labute approximate surface area is 546 Å². The van der Waals surface area contributed by atoms with Crippen LogP contribution in [0.4, 0.5) is 0 Å². The average molecular weight is 1230 g/mol. The molecule has 0 saturated carbocycles. The molecular weight excluding hydrogens is 1070 g/mol. The molecule has 0 radical (unpaired) electrons. The molecule has 3 N–H and O–H groups in total. The van der Waals surface area contributed by atoms with E-state index in [4.69, 9.17) is 4.74 Å². The second-order valence-corrected chi connectivity index (χ2v) is 28.1. The lowest BCUT2D eigenvalue weighted by atomic mass is 10.0. The number of nitrogens with one attached hydrogen (secondary N) is 1. The van der Waals surface area contributed by atoms with Crippen molar-refractivity contribution >= 4 is 11.9 Å². The third kappa shape index (κ3) is 73.5. The summed E-state index contributed by atoms with van der Waals surface area (Å²) in [5.74, 6) is -0.00514.